The lowest BCUT2D eigenvalue weighted by Gasteiger charge is -2.09. The van der Waals surface area contributed by atoms with Crippen molar-refractivity contribution in [2.45, 2.75) is 6.54 Å². The van der Waals surface area contributed by atoms with E-state index in [0.717, 1.165) is 5.56 Å². The van der Waals surface area contributed by atoms with Crippen molar-refractivity contribution >= 4 is 21.9 Å². The number of nitrogens with zero attached hydrogens (tertiary/aromatic N) is 2. The summed E-state index contributed by atoms with van der Waals surface area (Å²) in [4.78, 5) is 20.1. The van der Waals surface area contributed by atoms with Gasteiger partial charge in [0.15, 0.2) is 0 Å². The molecule has 0 atom stereocenters. The Labute approximate surface area is 136 Å². The van der Waals surface area contributed by atoms with E-state index in [2.05, 4.69) is 9.97 Å². The molecule has 6 heteroatoms. The number of benzene rings is 2. The predicted molar refractivity (Wildman–Crippen MR) is 89.9 cm³/mol. The second-order valence-corrected chi connectivity index (χ2v) is 5.53. The minimum atomic E-state index is -0.358. The van der Waals surface area contributed by atoms with E-state index in [1.807, 2.05) is 24.3 Å². The van der Waals surface area contributed by atoms with Crippen LogP contribution < -0.4 is 10.3 Å². The maximum absolute atomic E-state index is 13.5. The highest BCUT2D eigenvalue weighted by Crippen LogP contribution is 2.23. The summed E-state index contributed by atoms with van der Waals surface area (Å²) in [6, 6.07) is 11.8. The molecular weight excluding hydrogens is 309 g/mol. The van der Waals surface area contributed by atoms with Gasteiger partial charge in [-0.1, -0.05) is 18.2 Å². The molecule has 0 amide bonds. The first-order valence-electron chi connectivity index (χ1n) is 7.45. The van der Waals surface area contributed by atoms with Gasteiger partial charge >= 0.3 is 0 Å². The van der Waals surface area contributed by atoms with Crippen LogP contribution in [-0.4, -0.2) is 21.6 Å². The first kappa shape index (κ1) is 14.4. The Bertz CT molecular complexity index is 1110. The van der Waals surface area contributed by atoms with Crippen LogP contribution in [0.25, 0.3) is 21.9 Å². The Balaban J connectivity index is 1.87. The molecule has 4 rings (SSSR count). The van der Waals surface area contributed by atoms with Crippen LogP contribution in [0.4, 0.5) is 4.39 Å². The molecule has 0 aliphatic rings. The molecule has 0 aliphatic carbocycles. The summed E-state index contributed by atoms with van der Waals surface area (Å²) < 4.78 is 20.3. The summed E-state index contributed by atoms with van der Waals surface area (Å²) in [7, 11) is 1.59. The molecule has 0 bridgehead atoms. The number of H-pyrrole nitrogens is 1. The third-order valence-corrected chi connectivity index (χ3v) is 4.07. The zero-order valence-corrected chi connectivity index (χ0v) is 12.9. The number of para-hydroxylation sites is 1. The zero-order valence-electron chi connectivity index (χ0n) is 12.9. The van der Waals surface area contributed by atoms with Gasteiger partial charge in [0.05, 0.1) is 20.0 Å². The number of halogens is 1. The Kier molecular flexibility index (Phi) is 3.30. The van der Waals surface area contributed by atoms with Gasteiger partial charge in [-0.25, -0.2) is 9.37 Å². The highest BCUT2D eigenvalue weighted by atomic mass is 19.1. The monoisotopic (exact) mass is 323 g/mol. The summed E-state index contributed by atoms with van der Waals surface area (Å²) in [5.41, 5.74) is 2.21. The third-order valence-electron chi connectivity index (χ3n) is 4.07. The summed E-state index contributed by atoms with van der Waals surface area (Å²) >= 11 is 0. The number of aromatic nitrogens is 3. The highest BCUT2D eigenvalue weighted by Gasteiger charge is 2.12. The van der Waals surface area contributed by atoms with E-state index >= 15 is 0 Å². The number of ether oxygens (including phenoxy) is 1. The molecule has 0 radical (unpaired) electrons. The lowest BCUT2D eigenvalue weighted by atomic mass is 10.2. The summed E-state index contributed by atoms with van der Waals surface area (Å²) in [6.45, 7) is 0.343. The molecule has 0 fully saturated rings. The highest BCUT2D eigenvalue weighted by molar-refractivity contribution is 6.04. The van der Waals surface area contributed by atoms with Crippen LogP contribution in [0.3, 0.4) is 0 Å². The maximum Gasteiger partial charge on any atom is 0.277 e. The summed E-state index contributed by atoms with van der Waals surface area (Å²) in [5.74, 6) is 0.353. The van der Waals surface area contributed by atoms with E-state index in [9.17, 15) is 9.18 Å². The van der Waals surface area contributed by atoms with Gasteiger partial charge in [-0.15, -0.1) is 0 Å². The SMILES string of the molecule is COc1ccccc1Cn1cnc2c([nH]c3ccc(F)cc32)c1=O. The van der Waals surface area contributed by atoms with Gasteiger partial charge in [0.1, 0.15) is 22.6 Å². The van der Waals surface area contributed by atoms with E-state index < -0.39 is 0 Å². The molecule has 2 aromatic carbocycles. The zero-order chi connectivity index (χ0) is 16.7. The maximum atomic E-state index is 13.5. The topological polar surface area (TPSA) is 59.9 Å². The molecular formula is C18H14FN3O2. The van der Waals surface area contributed by atoms with E-state index in [4.69, 9.17) is 4.74 Å². The second kappa shape index (κ2) is 5.49. The van der Waals surface area contributed by atoms with Gasteiger partial charge in [0, 0.05) is 16.5 Å². The van der Waals surface area contributed by atoms with Crippen molar-refractivity contribution in [3.05, 3.63) is 70.5 Å². The minimum Gasteiger partial charge on any atom is -0.496 e. The number of hydrogen-bond donors (Lipinski definition) is 1. The first-order chi connectivity index (χ1) is 11.7. The molecule has 120 valence electrons. The number of aromatic amines is 1. The van der Waals surface area contributed by atoms with Crippen molar-refractivity contribution in [1.82, 2.24) is 14.5 Å². The number of fused-ring (bicyclic) bond motifs is 3. The van der Waals surface area contributed by atoms with Crippen LogP contribution in [0.15, 0.2) is 53.6 Å². The van der Waals surface area contributed by atoms with Crippen molar-refractivity contribution in [2.24, 2.45) is 0 Å². The van der Waals surface area contributed by atoms with Gasteiger partial charge in [-0.05, 0) is 24.3 Å². The molecule has 1 N–H and O–H groups in total. The van der Waals surface area contributed by atoms with Crippen molar-refractivity contribution in [2.75, 3.05) is 7.11 Å². The molecule has 0 aliphatic heterocycles. The molecule has 24 heavy (non-hydrogen) atoms. The minimum absolute atomic E-state index is 0.206. The van der Waals surface area contributed by atoms with Gasteiger partial charge in [0.2, 0.25) is 0 Å². The van der Waals surface area contributed by atoms with Gasteiger partial charge in [0.25, 0.3) is 5.56 Å². The Morgan fingerprint density at radius 1 is 1.25 bits per heavy atom. The van der Waals surface area contributed by atoms with Crippen molar-refractivity contribution in [3.8, 4) is 5.75 Å². The normalized spacial score (nSPS) is 11.2. The predicted octanol–water partition coefficient (Wildman–Crippen LogP) is 3.07. The largest absolute Gasteiger partial charge is 0.496 e. The number of hydrogen-bond acceptors (Lipinski definition) is 3. The van der Waals surface area contributed by atoms with E-state index in [1.54, 1.807) is 13.2 Å². The first-order valence-corrected chi connectivity index (χ1v) is 7.45. The number of methoxy groups -OCH3 is 1. The molecule has 5 nitrogen and oxygen atoms in total. The van der Waals surface area contributed by atoms with E-state index in [1.165, 1.54) is 23.0 Å². The smallest absolute Gasteiger partial charge is 0.277 e. The van der Waals surface area contributed by atoms with Crippen molar-refractivity contribution in [1.29, 1.82) is 0 Å². The molecule has 2 heterocycles. The van der Waals surface area contributed by atoms with Crippen LogP contribution in [0.5, 0.6) is 5.75 Å². The lowest BCUT2D eigenvalue weighted by molar-refractivity contribution is 0.408. The van der Waals surface area contributed by atoms with Gasteiger partial charge in [-0.3, -0.25) is 9.36 Å². The standard InChI is InChI=1S/C18H14FN3O2/c1-24-15-5-3-2-4-11(15)9-22-10-20-16-13-8-12(19)6-7-14(13)21-17(16)18(22)23/h2-8,10,21H,9H2,1H3. The fraction of sp³-hybridized carbons (Fsp3) is 0.111. The van der Waals surface area contributed by atoms with Gasteiger partial charge in [-0.2, -0.15) is 0 Å². The Morgan fingerprint density at radius 3 is 2.92 bits per heavy atom. The Hall–Kier alpha value is -3.15. The van der Waals surface area contributed by atoms with E-state index in [0.29, 0.717) is 34.2 Å². The quantitative estimate of drug-likeness (QED) is 0.630. The van der Waals surface area contributed by atoms with Crippen molar-refractivity contribution in [3.63, 3.8) is 0 Å². The van der Waals surface area contributed by atoms with Crippen LogP contribution in [0.1, 0.15) is 5.56 Å². The van der Waals surface area contributed by atoms with E-state index in [-0.39, 0.29) is 11.4 Å². The van der Waals surface area contributed by atoms with Crippen molar-refractivity contribution < 1.29 is 9.13 Å². The third kappa shape index (κ3) is 2.23. The van der Waals surface area contributed by atoms with Gasteiger partial charge < -0.3 is 9.72 Å². The Morgan fingerprint density at radius 2 is 2.08 bits per heavy atom. The van der Waals surface area contributed by atoms with Crippen LogP contribution in [0, 0.1) is 5.82 Å². The average molecular weight is 323 g/mol. The number of rotatable bonds is 3. The fourth-order valence-corrected chi connectivity index (χ4v) is 2.89. The lowest BCUT2D eigenvalue weighted by Crippen LogP contribution is -2.21. The fourth-order valence-electron chi connectivity index (χ4n) is 2.89. The second-order valence-electron chi connectivity index (χ2n) is 5.53. The summed E-state index contributed by atoms with van der Waals surface area (Å²) in [6.07, 6.45) is 1.48. The molecule has 2 aromatic heterocycles. The average Bonchev–Trinajstić information content (AvgIpc) is 2.96. The number of nitrogens with one attached hydrogen (secondary N) is 1. The molecule has 0 saturated heterocycles. The molecule has 4 aromatic rings. The molecule has 0 unspecified atom stereocenters. The van der Waals surface area contributed by atoms with Crippen LogP contribution in [-0.2, 0) is 6.54 Å². The van der Waals surface area contributed by atoms with Crippen LogP contribution in [0.2, 0.25) is 0 Å². The summed E-state index contributed by atoms with van der Waals surface area (Å²) in [5, 5.41) is 0.603. The molecule has 0 saturated carbocycles. The van der Waals surface area contributed by atoms with Crippen LogP contribution >= 0.6 is 0 Å². The molecule has 0 spiro atoms.